The average Bonchev–Trinajstić information content (AvgIpc) is 2.78. The van der Waals surface area contributed by atoms with Gasteiger partial charge in [0.15, 0.2) is 0 Å². The minimum Gasteiger partial charge on any atom is -0.341 e. The Kier molecular flexibility index (Phi) is 6.26. The van der Waals surface area contributed by atoms with Gasteiger partial charge in [-0.15, -0.1) is 0 Å². The lowest BCUT2D eigenvalue weighted by atomic mass is 10.1. The van der Waals surface area contributed by atoms with E-state index in [4.69, 9.17) is 0 Å². The first-order valence-electron chi connectivity index (χ1n) is 7.66. The van der Waals surface area contributed by atoms with Gasteiger partial charge in [-0.25, -0.2) is 0 Å². The Morgan fingerprint density at radius 1 is 1.04 bits per heavy atom. The lowest BCUT2D eigenvalue weighted by molar-refractivity contribution is -0.185. The summed E-state index contributed by atoms with van der Waals surface area (Å²) in [7, 11) is 0. The van der Waals surface area contributed by atoms with Crippen molar-refractivity contribution in [3.63, 3.8) is 0 Å². The quantitative estimate of drug-likeness (QED) is 0.773. The molecule has 0 atom stereocenters. The molecule has 1 aromatic rings. The zero-order chi connectivity index (χ0) is 17.7. The summed E-state index contributed by atoms with van der Waals surface area (Å²) in [5, 5.41) is 0. The molecule has 0 unspecified atom stereocenters. The SMILES string of the molecule is O=C(CCc1ccccc1Br)N1CCCN(C(=O)C(F)(F)F)CC1. The highest BCUT2D eigenvalue weighted by Crippen LogP contribution is 2.20. The molecule has 132 valence electrons. The van der Waals surface area contributed by atoms with Gasteiger partial charge < -0.3 is 9.80 Å². The van der Waals surface area contributed by atoms with Crippen LogP contribution < -0.4 is 0 Å². The van der Waals surface area contributed by atoms with E-state index in [0.29, 0.717) is 19.4 Å². The van der Waals surface area contributed by atoms with Crippen molar-refractivity contribution in [1.29, 1.82) is 0 Å². The topological polar surface area (TPSA) is 40.6 Å². The predicted octanol–water partition coefficient (Wildman–Crippen LogP) is 3.00. The van der Waals surface area contributed by atoms with E-state index in [2.05, 4.69) is 15.9 Å². The van der Waals surface area contributed by atoms with Crippen molar-refractivity contribution >= 4 is 27.7 Å². The summed E-state index contributed by atoms with van der Waals surface area (Å²) in [6.45, 7) is 0.443. The van der Waals surface area contributed by atoms with Gasteiger partial charge in [-0.1, -0.05) is 34.1 Å². The Morgan fingerprint density at radius 3 is 2.33 bits per heavy atom. The van der Waals surface area contributed by atoms with E-state index in [1.54, 1.807) is 4.90 Å². The van der Waals surface area contributed by atoms with Crippen molar-refractivity contribution < 1.29 is 22.8 Å². The molecule has 0 bridgehead atoms. The molecular weight excluding hydrogens is 389 g/mol. The van der Waals surface area contributed by atoms with Crippen LogP contribution in [0.2, 0.25) is 0 Å². The Hall–Kier alpha value is -1.57. The average molecular weight is 407 g/mol. The van der Waals surface area contributed by atoms with Gasteiger partial charge in [-0.2, -0.15) is 13.2 Å². The first-order valence-corrected chi connectivity index (χ1v) is 8.45. The van der Waals surface area contributed by atoms with Crippen molar-refractivity contribution in [2.24, 2.45) is 0 Å². The predicted molar refractivity (Wildman–Crippen MR) is 86.3 cm³/mol. The van der Waals surface area contributed by atoms with E-state index in [-0.39, 0.29) is 32.0 Å². The van der Waals surface area contributed by atoms with E-state index in [0.717, 1.165) is 14.9 Å². The lowest BCUT2D eigenvalue weighted by Gasteiger charge is -2.23. The second-order valence-corrected chi connectivity index (χ2v) is 6.47. The third-order valence-corrected chi connectivity index (χ3v) is 4.72. The Bertz CT molecular complexity index is 607. The third kappa shape index (κ3) is 4.96. The number of nitrogens with zero attached hydrogens (tertiary/aromatic N) is 2. The summed E-state index contributed by atoms with van der Waals surface area (Å²) in [5.41, 5.74) is 1.01. The van der Waals surface area contributed by atoms with Crippen molar-refractivity contribution in [3.05, 3.63) is 34.3 Å². The summed E-state index contributed by atoms with van der Waals surface area (Å²) < 4.78 is 38.4. The number of halogens is 4. The number of amides is 2. The highest BCUT2D eigenvalue weighted by molar-refractivity contribution is 9.10. The molecule has 0 aromatic heterocycles. The first-order chi connectivity index (χ1) is 11.3. The van der Waals surface area contributed by atoms with Crippen molar-refractivity contribution in [1.82, 2.24) is 9.80 Å². The van der Waals surface area contributed by atoms with Gasteiger partial charge in [0.2, 0.25) is 5.91 Å². The second kappa shape index (κ2) is 8.00. The van der Waals surface area contributed by atoms with E-state index < -0.39 is 12.1 Å². The zero-order valence-electron chi connectivity index (χ0n) is 13.0. The number of hydrogen-bond acceptors (Lipinski definition) is 2. The molecule has 0 spiro atoms. The third-order valence-electron chi connectivity index (χ3n) is 3.94. The molecule has 0 radical (unpaired) electrons. The number of rotatable bonds is 3. The van der Waals surface area contributed by atoms with Gasteiger partial charge in [-0.3, -0.25) is 9.59 Å². The fourth-order valence-electron chi connectivity index (χ4n) is 2.65. The monoisotopic (exact) mass is 406 g/mol. The molecule has 1 saturated heterocycles. The zero-order valence-corrected chi connectivity index (χ0v) is 14.6. The summed E-state index contributed by atoms with van der Waals surface area (Å²) in [6, 6.07) is 7.59. The van der Waals surface area contributed by atoms with E-state index in [1.165, 1.54) is 0 Å². The number of carbonyl (C=O) groups excluding carboxylic acids is 2. The van der Waals surface area contributed by atoms with Gasteiger partial charge >= 0.3 is 12.1 Å². The molecule has 4 nitrogen and oxygen atoms in total. The van der Waals surface area contributed by atoms with Crippen LogP contribution in [0.5, 0.6) is 0 Å². The van der Waals surface area contributed by atoms with Crippen LogP contribution in [-0.4, -0.2) is 54.0 Å². The van der Waals surface area contributed by atoms with Crippen LogP contribution in [0, 0.1) is 0 Å². The molecule has 1 aliphatic heterocycles. The van der Waals surface area contributed by atoms with E-state index in [9.17, 15) is 22.8 Å². The Morgan fingerprint density at radius 2 is 1.67 bits per heavy atom. The van der Waals surface area contributed by atoms with Crippen LogP contribution in [-0.2, 0) is 16.0 Å². The normalized spacial score (nSPS) is 16.0. The molecule has 1 aromatic carbocycles. The van der Waals surface area contributed by atoms with Crippen LogP contribution in [0.4, 0.5) is 13.2 Å². The number of alkyl halides is 3. The maximum Gasteiger partial charge on any atom is 0.471 e. The number of aryl methyl sites for hydroxylation is 1. The van der Waals surface area contributed by atoms with Crippen molar-refractivity contribution in [2.45, 2.75) is 25.4 Å². The molecule has 1 fully saturated rings. The molecular formula is C16H18BrF3N2O2. The molecule has 1 heterocycles. The van der Waals surface area contributed by atoms with E-state index >= 15 is 0 Å². The minimum atomic E-state index is -4.86. The standard InChI is InChI=1S/C16H18BrF3N2O2/c17-13-5-2-1-4-12(13)6-7-14(23)21-8-3-9-22(11-10-21)15(24)16(18,19)20/h1-2,4-5H,3,6-11H2. The lowest BCUT2D eigenvalue weighted by Crippen LogP contribution is -2.43. The van der Waals surface area contributed by atoms with Crippen LogP contribution in [0.3, 0.4) is 0 Å². The Labute approximate surface area is 146 Å². The van der Waals surface area contributed by atoms with Crippen LogP contribution in [0.25, 0.3) is 0 Å². The van der Waals surface area contributed by atoms with Crippen molar-refractivity contribution in [2.75, 3.05) is 26.2 Å². The van der Waals surface area contributed by atoms with Gasteiger partial charge in [0.25, 0.3) is 0 Å². The maximum atomic E-state index is 12.5. The molecule has 2 amide bonds. The summed E-state index contributed by atoms with van der Waals surface area (Å²) in [5.74, 6) is -1.93. The van der Waals surface area contributed by atoms with Crippen LogP contribution in [0.15, 0.2) is 28.7 Å². The molecule has 0 aliphatic carbocycles. The fraction of sp³-hybridized carbons (Fsp3) is 0.500. The summed E-state index contributed by atoms with van der Waals surface area (Å²) in [4.78, 5) is 25.9. The molecule has 8 heteroatoms. The van der Waals surface area contributed by atoms with Crippen LogP contribution in [0.1, 0.15) is 18.4 Å². The van der Waals surface area contributed by atoms with Crippen molar-refractivity contribution in [3.8, 4) is 0 Å². The molecule has 2 rings (SSSR count). The van der Waals surface area contributed by atoms with Gasteiger partial charge in [0.05, 0.1) is 0 Å². The first kappa shape index (κ1) is 18.8. The number of hydrogen-bond donors (Lipinski definition) is 0. The molecule has 0 saturated carbocycles. The fourth-order valence-corrected chi connectivity index (χ4v) is 3.13. The highest BCUT2D eigenvalue weighted by atomic mass is 79.9. The highest BCUT2D eigenvalue weighted by Gasteiger charge is 2.42. The number of carbonyl (C=O) groups is 2. The maximum absolute atomic E-state index is 12.5. The largest absolute Gasteiger partial charge is 0.471 e. The van der Waals surface area contributed by atoms with Crippen LogP contribution >= 0.6 is 15.9 Å². The second-order valence-electron chi connectivity index (χ2n) is 5.62. The summed E-state index contributed by atoms with van der Waals surface area (Å²) in [6.07, 6.45) is -3.67. The summed E-state index contributed by atoms with van der Waals surface area (Å²) >= 11 is 3.42. The van der Waals surface area contributed by atoms with Gasteiger partial charge in [-0.05, 0) is 24.5 Å². The van der Waals surface area contributed by atoms with Gasteiger partial charge in [0, 0.05) is 37.1 Å². The smallest absolute Gasteiger partial charge is 0.341 e. The van der Waals surface area contributed by atoms with E-state index in [1.807, 2.05) is 24.3 Å². The minimum absolute atomic E-state index is 0.0202. The van der Waals surface area contributed by atoms with Gasteiger partial charge in [0.1, 0.15) is 0 Å². The number of benzene rings is 1. The molecule has 0 N–H and O–H groups in total. The molecule has 24 heavy (non-hydrogen) atoms. The Balaban J connectivity index is 1.88. The molecule has 1 aliphatic rings.